The van der Waals surface area contributed by atoms with Crippen molar-refractivity contribution < 1.29 is 9.59 Å². The lowest BCUT2D eigenvalue weighted by molar-refractivity contribution is -0.117. The molecule has 0 heterocycles. The van der Waals surface area contributed by atoms with Crippen LogP contribution in [0.1, 0.15) is 38.5 Å². The third-order valence-corrected chi connectivity index (χ3v) is 3.66. The number of nitriles is 1. The number of hydrogen-bond acceptors (Lipinski definition) is 3. The van der Waals surface area contributed by atoms with E-state index in [1.807, 2.05) is 0 Å². The van der Waals surface area contributed by atoms with E-state index < -0.39 is 0 Å². The summed E-state index contributed by atoms with van der Waals surface area (Å²) in [5.74, 6) is 0.0733. The quantitative estimate of drug-likeness (QED) is 0.872. The Morgan fingerprint density at radius 3 is 2.24 bits per heavy atom. The average molecular weight is 285 g/mol. The minimum absolute atomic E-state index is 0.0242. The van der Waals surface area contributed by atoms with Crippen molar-refractivity contribution in [3.8, 4) is 6.07 Å². The Balaban J connectivity index is 1.97. The van der Waals surface area contributed by atoms with Crippen molar-refractivity contribution >= 4 is 23.2 Å². The smallest absolute Gasteiger partial charge is 0.238 e. The predicted molar refractivity (Wildman–Crippen MR) is 80.5 cm³/mol. The predicted octanol–water partition coefficient (Wildman–Crippen LogP) is 3.06. The Bertz CT molecular complexity index is 557. The number of carbonyl (C=O) groups excluding carboxylic acids is 2. The highest BCUT2D eigenvalue weighted by molar-refractivity contribution is 6.00. The Morgan fingerprint density at radius 1 is 1.10 bits per heavy atom. The van der Waals surface area contributed by atoms with E-state index in [1.165, 1.54) is 12.8 Å². The molecule has 0 aromatic heterocycles. The molecule has 1 fully saturated rings. The number of anilines is 2. The van der Waals surface area contributed by atoms with Gasteiger partial charge in [-0.25, -0.2) is 0 Å². The number of nitrogens with one attached hydrogen (secondary N) is 2. The standard InChI is InChI=1S/C16H19N3O2/c17-10-9-15(20)18-13-7-3-4-8-14(13)19-16(21)11-12-5-1-2-6-12/h3-4,7-8,12H,1-2,5-6,9,11H2,(H,18,20)(H,19,21). The third kappa shape index (κ3) is 4.60. The number of nitrogens with zero attached hydrogens (tertiary/aromatic N) is 1. The first-order valence-corrected chi connectivity index (χ1v) is 7.24. The Morgan fingerprint density at radius 2 is 1.67 bits per heavy atom. The molecule has 2 amide bonds. The monoisotopic (exact) mass is 285 g/mol. The van der Waals surface area contributed by atoms with Gasteiger partial charge in [0.25, 0.3) is 0 Å². The Labute approximate surface area is 124 Å². The molecule has 5 nitrogen and oxygen atoms in total. The highest BCUT2D eigenvalue weighted by atomic mass is 16.2. The maximum absolute atomic E-state index is 12.1. The molecule has 21 heavy (non-hydrogen) atoms. The molecule has 1 aliphatic rings. The Kier molecular flexibility index (Phi) is 5.33. The van der Waals surface area contributed by atoms with Gasteiger partial charge in [0.2, 0.25) is 11.8 Å². The number of rotatable bonds is 5. The van der Waals surface area contributed by atoms with Gasteiger partial charge in [0.1, 0.15) is 6.42 Å². The molecule has 2 rings (SSSR count). The SMILES string of the molecule is N#CCC(=O)Nc1ccccc1NC(=O)CC1CCCC1. The summed E-state index contributed by atoms with van der Waals surface area (Å²) < 4.78 is 0. The van der Waals surface area contributed by atoms with E-state index in [0.717, 1.165) is 12.8 Å². The summed E-state index contributed by atoms with van der Waals surface area (Å²) in [5, 5.41) is 14.0. The lowest BCUT2D eigenvalue weighted by Crippen LogP contribution is -2.17. The van der Waals surface area contributed by atoms with Crippen molar-refractivity contribution in [3.63, 3.8) is 0 Å². The van der Waals surface area contributed by atoms with Gasteiger partial charge in [-0.2, -0.15) is 5.26 Å². The van der Waals surface area contributed by atoms with Crippen LogP contribution in [0.15, 0.2) is 24.3 Å². The summed E-state index contributed by atoms with van der Waals surface area (Å²) in [6.07, 6.45) is 4.98. The first-order valence-electron chi connectivity index (χ1n) is 7.24. The minimum atomic E-state index is -0.380. The van der Waals surface area contributed by atoms with Gasteiger partial charge in [-0.15, -0.1) is 0 Å². The topological polar surface area (TPSA) is 82.0 Å². The summed E-state index contributed by atoms with van der Waals surface area (Å²) in [6, 6.07) is 8.82. The average Bonchev–Trinajstić information content (AvgIpc) is 2.94. The zero-order valence-electron chi connectivity index (χ0n) is 11.9. The molecular weight excluding hydrogens is 266 g/mol. The van der Waals surface area contributed by atoms with E-state index in [0.29, 0.717) is 23.7 Å². The molecule has 1 saturated carbocycles. The van der Waals surface area contributed by atoms with Gasteiger partial charge < -0.3 is 10.6 Å². The fourth-order valence-corrected chi connectivity index (χ4v) is 2.65. The summed E-state index contributed by atoms with van der Waals surface area (Å²) in [5.41, 5.74) is 1.10. The molecule has 0 bridgehead atoms. The molecule has 1 aromatic carbocycles. The molecule has 1 aromatic rings. The first kappa shape index (κ1) is 15.0. The molecule has 0 unspecified atom stereocenters. The molecule has 1 aliphatic carbocycles. The molecule has 0 aliphatic heterocycles. The van der Waals surface area contributed by atoms with Crippen molar-refractivity contribution in [1.82, 2.24) is 0 Å². The second-order valence-electron chi connectivity index (χ2n) is 5.33. The van der Waals surface area contributed by atoms with Crippen LogP contribution >= 0.6 is 0 Å². The van der Waals surface area contributed by atoms with Crippen LogP contribution in [0.4, 0.5) is 11.4 Å². The summed E-state index contributed by atoms with van der Waals surface area (Å²) in [6.45, 7) is 0. The van der Waals surface area contributed by atoms with Crippen LogP contribution in [0.2, 0.25) is 0 Å². The van der Waals surface area contributed by atoms with E-state index in [1.54, 1.807) is 30.3 Å². The molecular formula is C16H19N3O2. The lowest BCUT2D eigenvalue weighted by Gasteiger charge is -2.13. The molecule has 0 radical (unpaired) electrons. The van der Waals surface area contributed by atoms with Crippen LogP contribution in [0.25, 0.3) is 0 Å². The maximum atomic E-state index is 12.1. The van der Waals surface area contributed by atoms with E-state index in [9.17, 15) is 9.59 Å². The highest BCUT2D eigenvalue weighted by Gasteiger charge is 2.19. The zero-order chi connectivity index (χ0) is 15.1. The highest BCUT2D eigenvalue weighted by Crippen LogP contribution is 2.28. The molecule has 0 atom stereocenters. The van der Waals surface area contributed by atoms with Gasteiger partial charge in [0.05, 0.1) is 17.4 Å². The van der Waals surface area contributed by atoms with Crippen molar-refractivity contribution in [2.75, 3.05) is 10.6 Å². The van der Waals surface area contributed by atoms with E-state index in [2.05, 4.69) is 10.6 Å². The first-order chi connectivity index (χ1) is 10.2. The van der Waals surface area contributed by atoms with Gasteiger partial charge in [-0.1, -0.05) is 25.0 Å². The third-order valence-electron chi connectivity index (χ3n) is 3.66. The van der Waals surface area contributed by atoms with Gasteiger partial charge in [-0.3, -0.25) is 9.59 Å². The van der Waals surface area contributed by atoms with Crippen molar-refractivity contribution in [2.45, 2.75) is 38.5 Å². The fourth-order valence-electron chi connectivity index (χ4n) is 2.65. The second kappa shape index (κ2) is 7.44. The molecule has 0 spiro atoms. The van der Waals surface area contributed by atoms with E-state index in [-0.39, 0.29) is 18.2 Å². The molecule has 110 valence electrons. The molecule has 5 heteroatoms. The lowest BCUT2D eigenvalue weighted by atomic mass is 10.0. The summed E-state index contributed by atoms with van der Waals surface area (Å²) in [4.78, 5) is 23.5. The number of carbonyl (C=O) groups is 2. The van der Waals surface area contributed by atoms with Crippen LogP contribution in [0.5, 0.6) is 0 Å². The molecule has 0 saturated heterocycles. The van der Waals surface area contributed by atoms with Crippen LogP contribution in [0.3, 0.4) is 0 Å². The number of benzene rings is 1. The van der Waals surface area contributed by atoms with Gasteiger partial charge >= 0.3 is 0 Å². The van der Waals surface area contributed by atoms with Gasteiger partial charge in [0.15, 0.2) is 0 Å². The van der Waals surface area contributed by atoms with E-state index in [4.69, 9.17) is 5.26 Å². The number of para-hydroxylation sites is 2. The van der Waals surface area contributed by atoms with Gasteiger partial charge in [0, 0.05) is 6.42 Å². The van der Waals surface area contributed by atoms with Gasteiger partial charge in [-0.05, 0) is 30.9 Å². The van der Waals surface area contributed by atoms with Crippen molar-refractivity contribution in [1.29, 1.82) is 5.26 Å². The summed E-state index contributed by atoms with van der Waals surface area (Å²) in [7, 11) is 0. The number of hydrogen-bond donors (Lipinski definition) is 2. The van der Waals surface area contributed by atoms with Crippen molar-refractivity contribution in [2.24, 2.45) is 5.92 Å². The van der Waals surface area contributed by atoms with E-state index >= 15 is 0 Å². The van der Waals surface area contributed by atoms with Crippen LogP contribution in [0, 0.1) is 17.2 Å². The normalized spacial score (nSPS) is 14.4. The Hall–Kier alpha value is -2.35. The second-order valence-corrected chi connectivity index (χ2v) is 5.33. The molecule has 2 N–H and O–H groups in total. The maximum Gasteiger partial charge on any atom is 0.238 e. The minimum Gasteiger partial charge on any atom is -0.324 e. The summed E-state index contributed by atoms with van der Waals surface area (Å²) >= 11 is 0. The number of amides is 2. The fraction of sp³-hybridized carbons (Fsp3) is 0.438. The van der Waals surface area contributed by atoms with Crippen LogP contribution < -0.4 is 10.6 Å². The van der Waals surface area contributed by atoms with Crippen LogP contribution in [-0.4, -0.2) is 11.8 Å². The largest absolute Gasteiger partial charge is 0.324 e. The van der Waals surface area contributed by atoms with Crippen LogP contribution in [-0.2, 0) is 9.59 Å². The van der Waals surface area contributed by atoms with Crippen molar-refractivity contribution in [3.05, 3.63) is 24.3 Å². The zero-order valence-corrected chi connectivity index (χ0v) is 11.9.